The van der Waals surface area contributed by atoms with Crippen LogP contribution in [-0.2, 0) is 13.0 Å². The van der Waals surface area contributed by atoms with Crippen molar-refractivity contribution in [1.29, 1.82) is 0 Å². The number of carbonyl (C=O) groups excluding carboxylic acids is 1. The van der Waals surface area contributed by atoms with Gasteiger partial charge in [-0.2, -0.15) is 0 Å². The van der Waals surface area contributed by atoms with Gasteiger partial charge in [-0.05, 0) is 43.7 Å². The number of aromatic nitrogens is 1. The molecule has 4 rings (SSSR count). The van der Waals surface area contributed by atoms with E-state index in [0.29, 0.717) is 11.6 Å². The minimum Gasteiger partial charge on any atom is -0.366 e. The summed E-state index contributed by atoms with van der Waals surface area (Å²) in [5, 5.41) is 4.75. The monoisotopic (exact) mass is 327 g/mol. The van der Waals surface area contributed by atoms with E-state index in [1.165, 1.54) is 36.3 Å². The number of amides is 1. The molecule has 1 aliphatic heterocycles. The Kier molecular flexibility index (Phi) is 3.91. The number of nitrogens with two attached hydrogens (primary N) is 1. The third-order valence-corrected chi connectivity index (χ3v) is 6.33. The average Bonchev–Trinajstić information content (AvgIpc) is 2.82. The van der Waals surface area contributed by atoms with Gasteiger partial charge in [-0.3, -0.25) is 4.79 Å². The SMILES string of the molecule is NC(=O)c1ccc(-c2nc3c(s2)CCC(C2CCC2)NC3)cc1. The van der Waals surface area contributed by atoms with Crippen LogP contribution < -0.4 is 11.1 Å². The van der Waals surface area contributed by atoms with E-state index < -0.39 is 5.91 Å². The zero-order valence-electron chi connectivity index (χ0n) is 13.0. The number of nitrogens with zero attached hydrogens (tertiary/aromatic N) is 1. The molecule has 3 N–H and O–H groups in total. The van der Waals surface area contributed by atoms with Crippen LogP contribution in [0.1, 0.15) is 46.6 Å². The summed E-state index contributed by atoms with van der Waals surface area (Å²) < 4.78 is 0. The molecule has 1 aromatic carbocycles. The maximum absolute atomic E-state index is 11.2. The van der Waals surface area contributed by atoms with Gasteiger partial charge in [0.05, 0.1) is 5.69 Å². The molecule has 1 fully saturated rings. The van der Waals surface area contributed by atoms with Crippen molar-refractivity contribution < 1.29 is 4.79 Å². The van der Waals surface area contributed by atoms with Gasteiger partial charge >= 0.3 is 0 Å². The van der Waals surface area contributed by atoms with Gasteiger partial charge in [0.2, 0.25) is 5.91 Å². The van der Waals surface area contributed by atoms with Gasteiger partial charge in [0.15, 0.2) is 0 Å². The van der Waals surface area contributed by atoms with Crippen LogP contribution in [0, 0.1) is 5.92 Å². The Morgan fingerprint density at radius 1 is 1.22 bits per heavy atom. The quantitative estimate of drug-likeness (QED) is 0.910. The minimum absolute atomic E-state index is 0.391. The molecule has 23 heavy (non-hydrogen) atoms. The molecular formula is C18H21N3OS. The summed E-state index contributed by atoms with van der Waals surface area (Å²) in [7, 11) is 0. The van der Waals surface area contributed by atoms with Crippen molar-refractivity contribution in [3.63, 3.8) is 0 Å². The number of carbonyl (C=O) groups is 1. The molecule has 2 aromatic rings. The van der Waals surface area contributed by atoms with Gasteiger partial charge in [0, 0.05) is 28.6 Å². The van der Waals surface area contributed by atoms with E-state index in [-0.39, 0.29) is 0 Å². The lowest BCUT2D eigenvalue weighted by molar-refractivity contribution is 0.100. The Bertz CT molecular complexity index is 693. The molecular weight excluding hydrogens is 306 g/mol. The van der Waals surface area contributed by atoms with E-state index in [0.717, 1.165) is 29.5 Å². The average molecular weight is 327 g/mol. The summed E-state index contributed by atoms with van der Waals surface area (Å²) >= 11 is 1.79. The molecule has 0 radical (unpaired) electrons. The Morgan fingerprint density at radius 3 is 2.65 bits per heavy atom. The second kappa shape index (κ2) is 6.06. The number of nitrogens with one attached hydrogen (secondary N) is 1. The molecule has 1 aliphatic carbocycles. The molecule has 5 heteroatoms. The molecule has 2 heterocycles. The van der Waals surface area contributed by atoms with E-state index in [1.54, 1.807) is 23.5 Å². The van der Waals surface area contributed by atoms with Crippen LogP contribution in [0.5, 0.6) is 0 Å². The summed E-state index contributed by atoms with van der Waals surface area (Å²) in [6.07, 6.45) is 6.52. The molecule has 2 aliphatic rings. The summed E-state index contributed by atoms with van der Waals surface area (Å²) in [5.41, 5.74) is 8.09. The molecule has 1 aromatic heterocycles. The smallest absolute Gasteiger partial charge is 0.248 e. The molecule has 1 amide bonds. The van der Waals surface area contributed by atoms with Crippen LogP contribution in [-0.4, -0.2) is 16.9 Å². The number of fused-ring (bicyclic) bond motifs is 1. The first-order chi connectivity index (χ1) is 11.2. The molecule has 0 spiro atoms. The molecule has 4 nitrogen and oxygen atoms in total. The lowest BCUT2D eigenvalue weighted by atomic mass is 9.78. The van der Waals surface area contributed by atoms with Crippen molar-refractivity contribution in [2.45, 2.75) is 44.7 Å². The van der Waals surface area contributed by atoms with Gasteiger partial charge in [-0.25, -0.2) is 4.98 Å². The van der Waals surface area contributed by atoms with Gasteiger partial charge in [0.1, 0.15) is 5.01 Å². The zero-order chi connectivity index (χ0) is 15.8. The van der Waals surface area contributed by atoms with Gasteiger partial charge in [-0.1, -0.05) is 18.6 Å². The standard InChI is InChI=1S/C18H21N3OS/c19-17(22)12-4-6-13(7-5-12)18-21-15-10-20-14(11-2-1-3-11)8-9-16(15)23-18/h4-7,11,14,20H,1-3,8-10H2,(H2,19,22). The molecule has 0 bridgehead atoms. The maximum atomic E-state index is 11.2. The fraction of sp³-hybridized carbons (Fsp3) is 0.444. The summed E-state index contributed by atoms with van der Waals surface area (Å²) in [6.45, 7) is 0.881. The van der Waals surface area contributed by atoms with Crippen LogP contribution in [0.2, 0.25) is 0 Å². The number of hydrogen-bond donors (Lipinski definition) is 2. The predicted molar refractivity (Wildman–Crippen MR) is 92.4 cm³/mol. The van der Waals surface area contributed by atoms with Crippen LogP contribution in [0.25, 0.3) is 10.6 Å². The highest BCUT2D eigenvalue weighted by Gasteiger charge is 2.29. The van der Waals surface area contributed by atoms with Gasteiger partial charge in [0.25, 0.3) is 0 Å². The topological polar surface area (TPSA) is 68.0 Å². The molecule has 0 saturated heterocycles. The van der Waals surface area contributed by atoms with E-state index in [1.807, 2.05) is 12.1 Å². The Balaban J connectivity index is 1.52. The second-order valence-corrected chi connectivity index (χ2v) is 7.63. The van der Waals surface area contributed by atoms with Crippen molar-refractivity contribution in [3.05, 3.63) is 40.4 Å². The number of benzene rings is 1. The van der Waals surface area contributed by atoms with Crippen LogP contribution in [0.4, 0.5) is 0 Å². The first-order valence-corrected chi connectivity index (χ1v) is 9.14. The highest BCUT2D eigenvalue weighted by molar-refractivity contribution is 7.15. The van der Waals surface area contributed by atoms with Crippen molar-refractivity contribution >= 4 is 17.2 Å². The van der Waals surface area contributed by atoms with Crippen LogP contribution in [0.15, 0.2) is 24.3 Å². The van der Waals surface area contributed by atoms with E-state index in [9.17, 15) is 4.79 Å². The van der Waals surface area contributed by atoms with E-state index in [2.05, 4.69) is 5.32 Å². The lowest BCUT2D eigenvalue weighted by Crippen LogP contribution is -2.38. The maximum Gasteiger partial charge on any atom is 0.248 e. The molecule has 1 unspecified atom stereocenters. The Hall–Kier alpha value is -1.72. The first kappa shape index (κ1) is 14.8. The minimum atomic E-state index is -0.391. The zero-order valence-corrected chi connectivity index (χ0v) is 13.9. The molecule has 120 valence electrons. The van der Waals surface area contributed by atoms with Gasteiger partial charge in [-0.15, -0.1) is 11.3 Å². The fourth-order valence-electron chi connectivity index (χ4n) is 3.48. The number of primary amides is 1. The number of rotatable bonds is 3. The molecule has 1 atom stereocenters. The van der Waals surface area contributed by atoms with Crippen molar-refractivity contribution in [3.8, 4) is 10.6 Å². The Labute approximate surface area is 140 Å². The summed E-state index contributed by atoms with van der Waals surface area (Å²) in [5.74, 6) is 0.488. The van der Waals surface area contributed by atoms with Crippen molar-refractivity contribution in [2.24, 2.45) is 11.7 Å². The second-order valence-electron chi connectivity index (χ2n) is 6.55. The van der Waals surface area contributed by atoms with Crippen LogP contribution in [0.3, 0.4) is 0 Å². The largest absolute Gasteiger partial charge is 0.366 e. The van der Waals surface area contributed by atoms with E-state index >= 15 is 0 Å². The normalized spacial score (nSPS) is 21.3. The molecule has 1 saturated carbocycles. The highest BCUT2D eigenvalue weighted by Crippen LogP contribution is 2.35. The summed E-state index contributed by atoms with van der Waals surface area (Å²) in [4.78, 5) is 17.4. The number of hydrogen-bond acceptors (Lipinski definition) is 4. The third kappa shape index (κ3) is 2.91. The lowest BCUT2D eigenvalue weighted by Gasteiger charge is -2.33. The highest BCUT2D eigenvalue weighted by atomic mass is 32.1. The van der Waals surface area contributed by atoms with Gasteiger partial charge < -0.3 is 11.1 Å². The number of aryl methyl sites for hydroxylation is 1. The van der Waals surface area contributed by atoms with E-state index in [4.69, 9.17) is 10.7 Å². The van der Waals surface area contributed by atoms with Crippen molar-refractivity contribution in [2.75, 3.05) is 0 Å². The Morgan fingerprint density at radius 2 is 2.00 bits per heavy atom. The van der Waals surface area contributed by atoms with Crippen LogP contribution >= 0.6 is 11.3 Å². The fourth-order valence-corrected chi connectivity index (χ4v) is 4.58. The summed E-state index contributed by atoms with van der Waals surface area (Å²) in [6, 6.07) is 8.08. The third-order valence-electron chi connectivity index (χ3n) is 5.13. The van der Waals surface area contributed by atoms with Crippen molar-refractivity contribution in [1.82, 2.24) is 10.3 Å². The predicted octanol–water partition coefficient (Wildman–Crippen LogP) is 3.11. The number of thiazole rings is 1. The first-order valence-electron chi connectivity index (χ1n) is 8.33.